The SMILES string of the molecule is CCOC([O-])OCC.[Na+]. The van der Waals surface area contributed by atoms with Crippen LogP contribution in [0.2, 0.25) is 0 Å². The first-order valence-corrected chi connectivity index (χ1v) is 2.70. The van der Waals surface area contributed by atoms with E-state index in [0.717, 1.165) is 0 Å². The molecule has 0 fully saturated rings. The second-order valence-electron chi connectivity index (χ2n) is 1.20. The molecule has 0 radical (unpaired) electrons. The van der Waals surface area contributed by atoms with E-state index in [0.29, 0.717) is 13.2 Å². The van der Waals surface area contributed by atoms with Gasteiger partial charge in [-0.3, -0.25) is 0 Å². The molecule has 0 amide bonds. The molecule has 0 aromatic heterocycles. The Hall–Kier alpha value is 0.880. The van der Waals surface area contributed by atoms with Crippen LogP contribution in [0, 0.1) is 0 Å². The van der Waals surface area contributed by atoms with Gasteiger partial charge in [0.1, 0.15) is 0 Å². The van der Waals surface area contributed by atoms with Crippen LogP contribution in [0.15, 0.2) is 0 Å². The quantitative estimate of drug-likeness (QED) is 0.305. The van der Waals surface area contributed by atoms with E-state index in [-0.39, 0.29) is 29.6 Å². The Morgan fingerprint density at radius 2 is 1.56 bits per heavy atom. The van der Waals surface area contributed by atoms with E-state index < -0.39 is 6.48 Å². The van der Waals surface area contributed by atoms with Gasteiger partial charge in [-0.2, -0.15) is 0 Å². The molecule has 0 aliphatic rings. The summed E-state index contributed by atoms with van der Waals surface area (Å²) < 4.78 is 9.01. The second-order valence-corrected chi connectivity index (χ2v) is 1.20. The van der Waals surface area contributed by atoms with Crippen molar-refractivity contribution in [3.63, 3.8) is 0 Å². The first-order valence-electron chi connectivity index (χ1n) is 2.70. The average Bonchev–Trinajstić information content (AvgIpc) is 1.68. The molecule has 0 aromatic carbocycles. The van der Waals surface area contributed by atoms with Crippen molar-refractivity contribution in [1.82, 2.24) is 0 Å². The predicted octanol–water partition coefficient (Wildman–Crippen LogP) is -3.29. The maximum Gasteiger partial charge on any atom is 1.00 e. The average molecular weight is 142 g/mol. The van der Waals surface area contributed by atoms with Gasteiger partial charge in [-0.15, -0.1) is 0 Å². The Balaban J connectivity index is 0. The van der Waals surface area contributed by atoms with E-state index in [1.165, 1.54) is 0 Å². The van der Waals surface area contributed by atoms with E-state index in [9.17, 15) is 5.11 Å². The van der Waals surface area contributed by atoms with E-state index in [1.54, 1.807) is 13.8 Å². The Bertz CT molecular complexity index is 45.5. The fourth-order valence-corrected chi connectivity index (χ4v) is 0.320. The van der Waals surface area contributed by atoms with Gasteiger partial charge in [0.2, 0.25) is 0 Å². The van der Waals surface area contributed by atoms with Gasteiger partial charge in [0.05, 0.1) is 6.48 Å². The molecule has 0 saturated heterocycles. The van der Waals surface area contributed by atoms with Crippen molar-refractivity contribution in [2.24, 2.45) is 0 Å². The standard InChI is InChI=1S/C5H11O3.Na/c1-3-7-5(6)8-4-2;/h5H,3-4H2,1-2H3;/q-1;+1. The predicted molar refractivity (Wildman–Crippen MR) is 27.0 cm³/mol. The zero-order valence-electron chi connectivity index (χ0n) is 6.22. The summed E-state index contributed by atoms with van der Waals surface area (Å²) in [5, 5.41) is 10.3. The molecule has 0 bridgehead atoms. The van der Waals surface area contributed by atoms with Gasteiger partial charge in [0.25, 0.3) is 0 Å². The van der Waals surface area contributed by atoms with Crippen LogP contribution in [0.1, 0.15) is 13.8 Å². The van der Waals surface area contributed by atoms with Crippen LogP contribution in [-0.2, 0) is 9.47 Å². The third kappa shape index (κ3) is 8.88. The van der Waals surface area contributed by atoms with E-state index >= 15 is 0 Å². The molecule has 0 rings (SSSR count). The normalized spacial score (nSPS) is 9.33. The van der Waals surface area contributed by atoms with Gasteiger partial charge >= 0.3 is 29.6 Å². The van der Waals surface area contributed by atoms with E-state index in [1.807, 2.05) is 0 Å². The molecular formula is C5H11NaO3. The molecule has 0 spiro atoms. The van der Waals surface area contributed by atoms with Crippen LogP contribution >= 0.6 is 0 Å². The summed E-state index contributed by atoms with van der Waals surface area (Å²) in [5.41, 5.74) is 0. The number of ether oxygens (including phenoxy) is 2. The number of rotatable bonds is 4. The smallest absolute Gasteiger partial charge is 0.809 e. The van der Waals surface area contributed by atoms with Gasteiger partial charge in [-0.25, -0.2) is 0 Å². The van der Waals surface area contributed by atoms with Crippen molar-refractivity contribution >= 4 is 0 Å². The molecule has 50 valence electrons. The Labute approximate surface area is 77.6 Å². The maximum absolute atomic E-state index is 10.3. The summed E-state index contributed by atoms with van der Waals surface area (Å²) >= 11 is 0. The van der Waals surface area contributed by atoms with Gasteiger partial charge in [0.15, 0.2) is 0 Å². The molecule has 0 heterocycles. The monoisotopic (exact) mass is 142 g/mol. The summed E-state index contributed by atoms with van der Waals surface area (Å²) in [4.78, 5) is 0. The molecule has 9 heavy (non-hydrogen) atoms. The van der Waals surface area contributed by atoms with Crippen molar-refractivity contribution in [3.8, 4) is 0 Å². The minimum absolute atomic E-state index is 0. The molecule has 4 heteroatoms. The zero-order valence-corrected chi connectivity index (χ0v) is 8.22. The van der Waals surface area contributed by atoms with Crippen LogP contribution in [0.3, 0.4) is 0 Å². The van der Waals surface area contributed by atoms with E-state index in [2.05, 4.69) is 9.47 Å². The molecule has 0 aromatic rings. The molecule has 0 atom stereocenters. The zero-order chi connectivity index (χ0) is 6.41. The van der Waals surface area contributed by atoms with Crippen molar-refractivity contribution < 1.29 is 44.1 Å². The molecular weight excluding hydrogens is 131 g/mol. The van der Waals surface area contributed by atoms with Crippen LogP contribution in [-0.4, -0.2) is 19.7 Å². The van der Waals surface area contributed by atoms with Gasteiger partial charge < -0.3 is 14.6 Å². The molecule has 0 N–H and O–H groups in total. The molecule has 0 aliphatic carbocycles. The third-order valence-electron chi connectivity index (χ3n) is 0.605. The van der Waals surface area contributed by atoms with Crippen molar-refractivity contribution in [2.75, 3.05) is 13.2 Å². The number of hydrogen-bond acceptors (Lipinski definition) is 3. The minimum Gasteiger partial charge on any atom is -0.809 e. The second kappa shape index (κ2) is 8.88. The summed E-state index contributed by atoms with van der Waals surface area (Å²) in [7, 11) is 0. The summed E-state index contributed by atoms with van der Waals surface area (Å²) in [6, 6.07) is 0. The van der Waals surface area contributed by atoms with Crippen LogP contribution in [0.4, 0.5) is 0 Å². The minimum atomic E-state index is -1.29. The molecule has 3 nitrogen and oxygen atoms in total. The summed E-state index contributed by atoms with van der Waals surface area (Å²) in [6.07, 6.45) is 0. The topological polar surface area (TPSA) is 41.5 Å². The largest absolute Gasteiger partial charge is 1.00 e. The maximum atomic E-state index is 10.3. The van der Waals surface area contributed by atoms with Gasteiger partial charge in [-0.05, 0) is 13.8 Å². The van der Waals surface area contributed by atoms with Gasteiger partial charge in [-0.1, -0.05) is 0 Å². The van der Waals surface area contributed by atoms with Crippen LogP contribution < -0.4 is 34.7 Å². The van der Waals surface area contributed by atoms with E-state index in [4.69, 9.17) is 0 Å². The third-order valence-corrected chi connectivity index (χ3v) is 0.605. The van der Waals surface area contributed by atoms with Crippen molar-refractivity contribution in [3.05, 3.63) is 0 Å². The Morgan fingerprint density at radius 1 is 1.22 bits per heavy atom. The molecule has 0 saturated carbocycles. The fourth-order valence-electron chi connectivity index (χ4n) is 0.320. The number of hydrogen-bond donors (Lipinski definition) is 0. The van der Waals surface area contributed by atoms with Crippen LogP contribution in [0.5, 0.6) is 0 Å². The molecule has 0 aliphatic heterocycles. The Kier molecular flexibility index (Phi) is 12.4. The molecule has 0 unspecified atom stereocenters. The first kappa shape index (κ1) is 12.5. The van der Waals surface area contributed by atoms with Crippen LogP contribution in [0.25, 0.3) is 0 Å². The Morgan fingerprint density at radius 3 is 1.78 bits per heavy atom. The first-order chi connectivity index (χ1) is 3.81. The van der Waals surface area contributed by atoms with Gasteiger partial charge in [0, 0.05) is 13.2 Å². The fraction of sp³-hybridized carbons (Fsp3) is 1.00. The van der Waals surface area contributed by atoms with Crippen molar-refractivity contribution in [2.45, 2.75) is 20.3 Å². The van der Waals surface area contributed by atoms with Crippen molar-refractivity contribution in [1.29, 1.82) is 0 Å². The summed E-state index contributed by atoms with van der Waals surface area (Å²) in [5.74, 6) is 0. The summed E-state index contributed by atoms with van der Waals surface area (Å²) in [6.45, 7) is 3.04.